The minimum absolute atomic E-state index is 0.228. The quantitative estimate of drug-likeness (QED) is 0.172. The first-order valence-corrected chi connectivity index (χ1v) is 9.25. The fourth-order valence-electron chi connectivity index (χ4n) is 2.43. The summed E-state index contributed by atoms with van der Waals surface area (Å²) in [4.78, 5) is 46.9. The zero-order valence-electron chi connectivity index (χ0n) is 17.1. The molecule has 2 rings (SSSR count). The van der Waals surface area contributed by atoms with E-state index in [1.54, 1.807) is 0 Å². The summed E-state index contributed by atoms with van der Waals surface area (Å²) in [5.74, 6) is -8.18. The molecular weight excluding hydrogens is 456 g/mol. The lowest BCUT2D eigenvalue weighted by Crippen LogP contribution is -2.45. The largest absolute Gasteiger partial charge is 0.504 e. The van der Waals surface area contributed by atoms with Crippen LogP contribution in [0.4, 0.5) is 0 Å². The van der Waals surface area contributed by atoms with Crippen molar-refractivity contribution in [1.82, 2.24) is 0 Å². The van der Waals surface area contributed by atoms with Crippen LogP contribution in [0.2, 0.25) is 0 Å². The molecule has 6 N–H and O–H groups in total. The second-order valence-corrected chi connectivity index (χ2v) is 6.55. The Balaban J connectivity index is 2.11. The number of benzene rings is 2. The molecule has 12 heteroatoms. The third-order valence-electron chi connectivity index (χ3n) is 4.07. The van der Waals surface area contributed by atoms with Crippen molar-refractivity contribution in [3.8, 4) is 23.0 Å². The van der Waals surface area contributed by atoms with Crippen LogP contribution >= 0.6 is 0 Å². The molecule has 2 atom stereocenters. The summed E-state index contributed by atoms with van der Waals surface area (Å²) in [6.45, 7) is 0. The van der Waals surface area contributed by atoms with Crippen LogP contribution in [0.1, 0.15) is 11.1 Å². The Kier molecular flexibility index (Phi) is 8.20. The lowest BCUT2D eigenvalue weighted by molar-refractivity contribution is -0.183. The van der Waals surface area contributed by atoms with Crippen LogP contribution < -0.4 is 0 Å². The van der Waals surface area contributed by atoms with Crippen molar-refractivity contribution in [1.29, 1.82) is 0 Å². The van der Waals surface area contributed by atoms with Crippen LogP contribution in [0.5, 0.6) is 23.0 Å². The van der Waals surface area contributed by atoms with E-state index in [1.165, 1.54) is 12.1 Å². The van der Waals surface area contributed by atoms with E-state index in [-0.39, 0.29) is 11.1 Å². The number of hydrogen-bond acceptors (Lipinski definition) is 10. The Morgan fingerprint density at radius 1 is 0.618 bits per heavy atom. The Labute approximate surface area is 190 Å². The highest BCUT2D eigenvalue weighted by Gasteiger charge is 2.40. The summed E-state index contributed by atoms with van der Waals surface area (Å²) in [7, 11) is 0. The summed E-state index contributed by atoms with van der Waals surface area (Å²) in [6.07, 6.45) is -1.15. The number of rotatable bonds is 9. The van der Waals surface area contributed by atoms with Gasteiger partial charge in [-0.25, -0.2) is 19.2 Å². The fraction of sp³-hybridized carbons (Fsp3) is 0.0909. The van der Waals surface area contributed by atoms with Crippen molar-refractivity contribution >= 4 is 36.0 Å². The molecule has 0 amide bonds. The SMILES string of the molecule is O=C(/C=C/c1ccc(O)c(O)c1)O[C@H](C(=O)O)[C@@H](OC(=O)/C=C/c1ccc(O)c(O)c1)C(=O)O. The van der Waals surface area contributed by atoms with Crippen molar-refractivity contribution in [3.05, 3.63) is 59.7 Å². The molecule has 0 fully saturated rings. The average molecular weight is 474 g/mol. The number of aliphatic carboxylic acids is 2. The number of carboxylic acid groups (broad SMARTS) is 2. The number of phenols is 4. The van der Waals surface area contributed by atoms with Crippen LogP contribution in [-0.2, 0) is 28.7 Å². The highest BCUT2D eigenvalue weighted by Crippen LogP contribution is 2.26. The Bertz CT molecular complexity index is 1070. The van der Waals surface area contributed by atoms with E-state index in [4.69, 9.17) is 0 Å². The number of aromatic hydroxyl groups is 4. The fourth-order valence-corrected chi connectivity index (χ4v) is 2.43. The number of esters is 2. The molecular formula is C22H18O12. The van der Waals surface area contributed by atoms with Gasteiger partial charge in [0.15, 0.2) is 23.0 Å². The Hall–Kier alpha value is -5.00. The lowest BCUT2D eigenvalue weighted by atomic mass is 10.2. The molecule has 0 bridgehead atoms. The molecule has 0 radical (unpaired) electrons. The van der Waals surface area contributed by atoms with Crippen LogP contribution in [0, 0.1) is 0 Å². The third-order valence-corrected chi connectivity index (χ3v) is 4.07. The highest BCUT2D eigenvalue weighted by atomic mass is 16.6. The van der Waals surface area contributed by atoms with Gasteiger partial charge in [-0.15, -0.1) is 0 Å². The molecule has 12 nitrogen and oxygen atoms in total. The summed E-state index contributed by atoms with van der Waals surface area (Å²) < 4.78 is 9.25. The summed E-state index contributed by atoms with van der Waals surface area (Å²) in [6, 6.07) is 7.08. The molecule has 0 aliphatic carbocycles. The first kappa shape index (κ1) is 25.3. The van der Waals surface area contributed by atoms with Crippen molar-refractivity contribution in [2.75, 3.05) is 0 Å². The van der Waals surface area contributed by atoms with Crippen molar-refractivity contribution in [2.45, 2.75) is 12.2 Å². The van der Waals surface area contributed by atoms with E-state index in [1.807, 2.05) is 0 Å². The van der Waals surface area contributed by atoms with E-state index in [2.05, 4.69) is 9.47 Å². The van der Waals surface area contributed by atoms with Gasteiger partial charge in [-0.2, -0.15) is 0 Å². The monoisotopic (exact) mass is 474 g/mol. The molecule has 0 saturated carbocycles. The van der Waals surface area contributed by atoms with Gasteiger partial charge in [0.1, 0.15) is 0 Å². The van der Waals surface area contributed by atoms with Crippen molar-refractivity contribution in [2.24, 2.45) is 0 Å². The number of carboxylic acids is 2. The summed E-state index contributed by atoms with van der Waals surface area (Å²) in [5, 5.41) is 55.9. The first-order valence-electron chi connectivity index (χ1n) is 9.25. The number of hydrogen-bond donors (Lipinski definition) is 6. The van der Waals surface area contributed by atoms with E-state index in [9.17, 15) is 49.8 Å². The maximum Gasteiger partial charge on any atom is 0.349 e. The molecule has 2 aromatic rings. The van der Waals surface area contributed by atoms with Gasteiger partial charge in [0, 0.05) is 12.2 Å². The second-order valence-electron chi connectivity index (χ2n) is 6.55. The van der Waals surface area contributed by atoms with Crippen molar-refractivity contribution in [3.63, 3.8) is 0 Å². The van der Waals surface area contributed by atoms with Gasteiger partial charge in [-0.1, -0.05) is 12.1 Å². The molecule has 178 valence electrons. The minimum Gasteiger partial charge on any atom is -0.504 e. The van der Waals surface area contributed by atoms with Gasteiger partial charge in [0.2, 0.25) is 12.2 Å². The predicted molar refractivity (Wildman–Crippen MR) is 113 cm³/mol. The van der Waals surface area contributed by atoms with Gasteiger partial charge >= 0.3 is 23.9 Å². The predicted octanol–water partition coefficient (Wildman–Crippen LogP) is 1.23. The molecule has 2 aromatic carbocycles. The normalized spacial score (nSPS) is 12.8. The number of carbonyl (C=O) groups is 4. The van der Waals surface area contributed by atoms with Gasteiger partial charge in [-0.3, -0.25) is 0 Å². The van der Waals surface area contributed by atoms with Crippen LogP contribution in [0.3, 0.4) is 0 Å². The molecule has 34 heavy (non-hydrogen) atoms. The number of ether oxygens (including phenoxy) is 2. The van der Waals surface area contributed by atoms with E-state index in [0.29, 0.717) is 0 Å². The highest BCUT2D eigenvalue weighted by molar-refractivity contribution is 5.93. The number of phenolic OH excluding ortho intramolecular Hbond substituents is 4. The van der Waals surface area contributed by atoms with Gasteiger partial charge in [-0.05, 0) is 47.5 Å². The Morgan fingerprint density at radius 3 is 1.26 bits per heavy atom. The molecule has 0 saturated heterocycles. The molecule has 0 aliphatic heterocycles. The molecule has 0 unspecified atom stereocenters. The topological polar surface area (TPSA) is 208 Å². The summed E-state index contributed by atoms with van der Waals surface area (Å²) in [5.41, 5.74) is 0.455. The van der Waals surface area contributed by atoms with Crippen LogP contribution in [0.25, 0.3) is 12.2 Å². The zero-order chi connectivity index (χ0) is 25.4. The van der Waals surface area contributed by atoms with Crippen LogP contribution in [-0.4, -0.2) is 66.7 Å². The van der Waals surface area contributed by atoms with E-state index in [0.717, 1.165) is 48.6 Å². The molecule has 0 heterocycles. The second kappa shape index (κ2) is 11.0. The smallest absolute Gasteiger partial charge is 0.349 e. The average Bonchev–Trinajstić information content (AvgIpc) is 2.77. The minimum atomic E-state index is -2.40. The molecule has 0 aromatic heterocycles. The maximum absolute atomic E-state index is 12.0. The van der Waals surface area contributed by atoms with E-state index >= 15 is 0 Å². The van der Waals surface area contributed by atoms with Crippen LogP contribution in [0.15, 0.2) is 48.6 Å². The molecule has 0 spiro atoms. The molecule has 0 aliphatic rings. The standard InChI is InChI=1S/C22H18O12/c23-13-5-1-11(9-15(13)25)3-7-17(27)33-19(21(29)30)20(22(31)32)34-18(28)8-4-12-2-6-14(24)16(26)10-12/h1-10,19-20,23-26H,(H,29,30)(H,31,32)/b7-3+,8-4+/t19-,20+. The van der Waals surface area contributed by atoms with E-state index < -0.39 is 59.1 Å². The summed E-state index contributed by atoms with van der Waals surface area (Å²) >= 11 is 0. The van der Waals surface area contributed by atoms with Gasteiger partial charge < -0.3 is 40.1 Å². The third kappa shape index (κ3) is 7.02. The van der Waals surface area contributed by atoms with Crippen molar-refractivity contribution < 1.29 is 59.3 Å². The maximum atomic E-state index is 12.0. The van der Waals surface area contributed by atoms with Gasteiger partial charge in [0.05, 0.1) is 0 Å². The first-order chi connectivity index (χ1) is 16.0. The lowest BCUT2D eigenvalue weighted by Gasteiger charge is -2.19. The van der Waals surface area contributed by atoms with Gasteiger partial charge in [0.25, 0.3) is 0 Å². The number of carbonyl (C=O) groups excluding carboxylic acids is 2. The Morgan fingerprint density at radius 2 is 0.971 bits per heavy atom. The zero-order valence-corrected chi connectivity index (χ0v) is 17.1.